The fourth-order valence-electron chi connectivity index (χ4n) is 5.51. The minimum atomic E-state index is -1.79. The number of hydrogen-bond acceptors (Lipinski definition) is 15. The maximum absolute atomic E-state index is 13.4. The van der Waals surface area contributed by atoms with Crippen LogP contribution in [0.2, 0.25) is 0 Å². The summed E-state index contributed by atoms with van der Waals surface area (Å²) in [7, 11) is 0. The van der Waals surface area contributed by atoms with E-state index >= 15 is 0 Å². The van der Waals surface area contributed by atoms with Crippen molar-refractivity contribution in [3.63, 3.8) is 0 Å². The number of benzene rings is 2. The molecule has 2 aromatic carbocycles. The fraction of sp³-hybridized carbons (Fsp3) is 0.467. The number of phenolic OH excluding ortho intramolecular Hbond substituents is 1. The van der Waals surface area contributed by atoms with Crippen LogP contribution in [0, 0.1) is 0 Å². The number of anilines is 1. The highest BCUT2D eigenvalue weighted by atomic mass is 16.7. The Kier molecular flexibility index (Phi) is 10.3. The van der Waals surface area contributed by atoms with E-state index < -0.39 is 98.3 Å². The fourth-order valence-corrected chi connectivity index (χ4v) is 5.51. The molecule has 47 heavy (non-hydrogen) atoms. The molecule has 1 amide bonds. The molecule has 0 unspecified atom stereocenters. The smallest absolute Gasteiger partial charge is 0.327 e. The summed E-state index contributed by atoms with van der Waals surface area (Å²) in [6, 6.07) is 6.99. The molecular weight excluding hydrogens is 630 g/mol. The lowest BCUT2D eigenvalue weighted by Gasteiger charge is -2.39. The standard InChI is InChI=1S/C30H35NO16/c32-10-19-22(36)24(38)26(40)29(46-19)44-14-4-1-12(2-5-14)3-6-21(35)31-15-9-18(17(34)8-13(15)7-16(31)28(42)43)45-30-27(41)25(39)23(37)20(11-33)47-30/h1-6,8-9,16,19-20,22-27,29-30,32-34,36-41H,7,10-11H2,(H,42,43)/b6-3-/t16-,19+,20+,22+,23+,24-,25-,26+,27+,29+,30+/m0/s1. The number of phenols is 1. The van der Waals surface area contributed by atoms with Crippen LogP contribution in [0.4, 0.5) is 5.69 Å². The summed E-state index contributed by atoms with van der Waals surface area (Å²) in [6.45, 7) is -1.34. The number of hydrogen-bond donors (Lipinski definition) is 10. The Morgan fingerprint density at radius 1 is 0.809 bits per heavy atom. The predicted molar refractivity (Wildman–Crippen MR) is 155 cm³/mol. The zero-order valence-electron chi connectivity index (χ0n) is 24.5. The lowest BCUT2D eigenvalue weighted by atomic mass is 9.99. The van der Waals surface area contributed by atoms with Crippen LogP contribution >= 0.6 is 0 Å². The number of carbonyl (C=O) groups is 2. The number of fused-ring (bicyclic) bond motifs is 1. The van der Waals surface area contributed by atoms with E-state index in [-0.39, 0.29) is 23.6 Å². The topological polar surface area (TPSA) is 277 Å². The van der Waals surface area contributed by atoms with E-state index in [4.69, 9.17) is 18.9 Å². The van der Waals surface area contributed by atoms with Crippen molar-refractivity contribution >= 4 is 23.6 Å². The zero-order valence-corrected chi connectivity index (χ0v) is 24.5. The van der Waals surface area contributed by atoms with Crippen LogP contribution in [0.15, 0.2) is 42.5 Å². The van der Waals surface area contributed by atoms with Crippen LogP contribution in [0.1, 0.15) is 11.1 Å². The van der Waals surface area contributed by atoms with Gasteiger partial charge in [-0.1, -0.05) is 12.1 Å². The van der Waals surface area contributed by atoms with E-state index in [1.165, 1.54) is 42.5 Å². The Morgan fingerprint density at radius 3 is 1.89 bits per heavy atom. The van der Waals surface area contributed by atoms with Crippen molar-refractivity contribution in [2.75, 3.05) is 18.1 Å². The van der Waals surface area contributed by atoms with Crippen molar-refractivity contribution in [1.29, 1.82) is 0 Å². The second kappa shape index (κ2) is 14.1. The van der Waals surface area contributed by atoms with Crippen molar-refractivity contribution in [2.24, 2.45) is 0 Å². The van der Waals surface area contributed by atoms with Gasteiger partial charge >= 0.3 is 5.97 Å². The molecule has 5 rings (SSSR count). The largest absolute Gasteiger partial charge is 0.504 e. The highest BCUT2D eigenvalue weighted by Crippen LogP contribution is 2.42. The van der Waals surface area contributed by atoms with Gasteiger partial charge in [-0.05, 0) is 35.4 Å². The Labute approximate surface area is 266 Å². The Morgan fingerprint density at radius 2 is 1.36 bits per heavy atom. The Hall–Kier alpha value is -3.88. The maximum Gasteiger partial charge on any atom is 0.327 e. The van der Waals surface area contributed by atoms with Gasteiger partial charge in [0.1, 0.15) is 60.6 Å². The summed E-state index contributed by atoms with van der Waals surface area (Å²) in [5.41, 5.74) is 0.850. The third-order valence-corrected chi connectivity index (χ3v) is 8.16. The minimum absolute atomic E-state index is 0.0766. The SMILES string of the molecule is O=C(O)[C@@H]1Cc2cc(O)c(O[C@@H]3O[C@H](CO)[C@@H](O)[C@H](O)[C@H]3O)cc2N1C(=O)/C=C\c1ccc(O[C@@H]2O[C@H](CO)[C@@H](O)[C@H](O)[C@H]2O)cc1. The van der Waals surface area contributed by atoms with Gasteiger partial charge in [-0.3, -0.25) is 9.69 Å². The number of nitrogens with zero attached hydrogens (tertiary/aromatic N) is 1. The van der Waals surface area contributed by atoms with Crippen molar-refractivity contribution in [2.45, 2.75) is 73.9 Å². The second-order valence-electron chi connectivity index (χ2n) is 11.2. The van der Waals surface area contributed by atoms with Gasteiger partial charge in [0, 0.05) is 18.6 Å². The molecule has 256 valence electrons. The minimum Gasteiger partial charge on any atom is -0.504 e. The molecule has 10 N–H and O–H groups in total. The molecule has 0 bridgehead atoms. The van der Waals surface area contributed by atoms with Crippen LogP contribution in [0.5, 0.6) is 17.2 Å². The quantitative estimate of drug-likeness (QED) is 0.118. The van der Waals surface area contributed by atoms with Crippen LogP contribution in [-0.2, 0) is 25.5 Å². The first-order valence-corrected chi connectivity index (χ1v) is 14.5. The summed E-state index contributed by atoms with van der Waals surface area (Å²) in [5, 5.41) is 99.6. The molecule has 17 nitrogen and oxygen atoms in total. The predicted octanol–water partition coefficient (Wildman–Crippen LogP) is -3.19. The molecule has 0 saturated carbocycles. The average Bonchev–Trinajstić information content (AvgIpc) is 3.43. The maximum atomic E-state index is 13.4. The van der Waals surface area contributed by atoms with Crippen molar-refractivity contribution in [3.05, 3.63) is 53.6 Å². The van der Waals surface area contributed by atoms with E-state index in [0.717, 1.165) is 11.0 Å². The molecule has 3 aliphatic rings. The van der Waals surface area contributed by atoms with Gasteiger partial charge in [-0.2, -0.15) is 0 Å². The summed E-state index contributed by atoms with van der Waals surface area (Å²) in [6.07, 6.45) is -13.1. The molecule has 2 saturated heterocycles. The number of amides is 1. The van der Waals surface area contributed by atoms with Crippen LogP contribution in [-0.4, -0.2) is 144 Å². The van der Waals surface area contributed by atoms with Gasteiger partial charge in [0.15, 0.2) is 11.5 Å². The monoisotopic (exact) mass is 665 g/mol. The molecule has 0 radical (unpaired) electrons. The van der Waals surface area contributed by atoms with Gasteiger partial charge < -0.3 is 70.0 Å². The molecule has 2 fully saturated rings. The third kappa shape index (κ3) is 6.90. The third-order valence-electron chi connectivity index (χ3n) is 8.16. The molecule has 0 aromatic heterocycles. The molecule has 2 aromatic rings. The van der Waals surface area contributed by atoms with Gasteiger partial charge in [-0.25, -0.2) is 4.79 Å². The summed E-state index contributed by atoms with van der Waals surface area (Å²) in [5.74, 6) is -2.71. The molecule has 11 atom stereocenters. The van der Waals surface area contributed by atoms with Gasteiger partial charge in [-0.15, -0.1) is 0 Å². The van der Waals surface area contributed by atoms with Crippen LogP contribution in [0.3, 0.4) is 0 Å². The molecule has 3 heterocycles. The van der Waals surface area contributed by atoms with E-state index in [1.54, 1.807) is 0 Å². The highest BCUT2D eigenvalue weighted by Gasteiger charge is 2.46. The number of aliphatic hydroxyl groups is 8. The normalized spacial score (nSPS) is 33.9. The Balaban J connectivity index is 1.31. The zero-order chi connectivity index (χ0) is 34.2. The number of aliphatic carboxylic acids is 1. The summed E-state index contributed by atoms with van der Waals surface area (Å²) < 4.78 is 21.7. The van der Waals surface area contributed by atoms with E-state index in [9.17, 15) is 60.7 Å². The number of carbonyl (C=O) groups excluding carboxylic acids is 1. The van der Waals surface area contributed by atoms with Crippen molar-refractivity contribution < 1.29 is 79.6 Å². The number of carboxylic acids is 1. The molecule has 3 aliphatic heterocycles. The molecule has 0 aliphatic carbocycles. The van der Waals surface area contributed by atoms with Gasteiger partial charge in [0.25, 0.3) is 5.91 Å². The summed E-state index contributed by atoms with van der Waals surface area (Å²) >= 11 is 0. The lowest BCUT2D eigenvalue weighted by Crippen LogP contribution is -2.60. The van der Waals surface area contributed by atoms with Crippen molar-refractivity contribution in [1.82, 2.24) is 0 Å². The van der Waals surface area contributed by atoms with E-state index in [1.807, 2.05) is 0 Å². The highest BCUT2D eigenvalue weighted by molar-refractivity contribution is 6.09. The molecule has 0 spiro atoms. The Bertz CT molecular complexity index is 1460. The molecular formula is C30H35NO16. The first kappa shape index (κ1) is 34.5. The first-order valence-electron chi connectivity index (χ1n) is 14.5. The number of aromatic hydroxyl groups is 1. The second-order valence-corrected chi connectivity index (χ2v) is 11.2. The van der Waals surface area contributed by atoms with Gasteiger partial charge in [0.2, 0.25) is 12.6 Å². The molecule has 17 heteroatoms. The number of aliphatic hydroxyl groups excluding tert-OH is 8. The number of carboxylic acid groups (broad SMARTS) is 1. The number of ether oxygens (including phenoxy) is 4. The van der Waals surface area contributed by atoms with E-state index in [0.29, 0.717) is 11.1 Å². The number of rotatable bonds is 9. The van der Waals surface area contributed by atoms with Crippen LogP contribution < -0.4 is 14.4 Å². The van der Waals surface area contributed by atoms with Gasteiger partial charge in [0.05, 0.1) is 18.9 Å². The lowest BCUT2D eigenvalue weighted by molar-refractivity contribution is -0.277. The van der Waals surface area contributed by atoms with Crippen molar-refractivity contribution in [3.8, 4) is 17.2 Å². The van der Waals surface area contributed by atoms with E-state index in [2.05, 4.69) is 0 Å². The average molecular weight is 666 g/mol. The van der Waals surface area contributed by atoms with Crippen LogP contribution in [0.25, 0.3) is 6.08 Å². The summed E-state index contributed by atoms with van der Waals surface area (Å²) in [4.78, 5) is 26.4. The first-order chi connectivity index (χ1) is 22.3.